The summed E-state index contributed by atoms with van der Waals surface area (Å²) in [5.41, 5.74) is 7.44. The van der Waals surface area contributed by atoms with Crippen LogP contribution in [0.3, 0.4) is 0 Å². The molecule has 0 fully saturated rings. The molecule has 8 heteroatoms. The first-order chi connectivity index (χ1) is 11.0. The SMILES string of the molecule is CCS(=O)c1nc(N)c2c(n1)N(Cc1ccc(Cl)cc1)C(=O)C2. The number of carbonyl (C=O) groups is 1. The van der Waals surface area contributed by atoms with Gasteiger partial charge in [-0.15, -0.1) is 0 Å². The van der Waals surface area contributed by atoms with Crippen LogP contribution in [0.15, 0.2) is 29.4 Å². The van der Waals surface area contributed by atoms with Crippen molar-refractivity contribution >= 4 is 39.9 Å². The Bertz CT molecular complexity index is 795. The molecule has 0 aliphatic carbocycles. The third-order valence-corrected chi connectivity index (χ3v) is 4.97. The molecular weight excluding hydrogens is 336 g/mol. The van der Waals surface area contributed by atoms with Crippen LogP contribution in [-0.2, 0) is 28.6 Å². The summed E-state index contributed by atoms with van der Waals surface area (Å²) in [5, 5.41) is 0.800. The lowest BCUT2D eigenvalue weighted by atomic mass is 10.2. The van der Waals surface area contributed by atoms with Gasteiger partial charge in [0.05, 0.1) is 23.8 Å². The summed E-state index contributed by atoms with van der Waals surface area (Å²) in [6, 6.07) is 7.24. The molecule has 2 N–H and O–H groups in total. The van der Waals surface area contributed by atoms with Crippen molar-refractivity contribution in [3.05, 3.63) is 40.4 Å². The number of halogens is 1. The summed E-state index contributed by atoms with van der Waals surface area (Å²) in [5.74, 6) is 0.965. The maximum atomic E-state index is 12.3. The highest BCUT2D eigenvalue weighted by Crippen LogP contribution is 2.32. The van der Waals surface area contributed by atoms with Gasteiger partial charge in [0.1, 0.15) is 11.6 Å². The predicted molar refractivity (Wildman–Crippen MR) is 89.7 cm³/mol. The second-order valence-corrected chi connectivity index (χ2v) is 7.18. The number of amides is 1. The summed E-state index contributed by atoms with van der Waals surface area (Å²) in [4.78, 5) is 22.2. The van der Waals surface area contributed by atoms with Gasteiger partial charge in [0.15, 0.2) is 0 Å². The summed E-state index contributed by atoms with van der Waals surface area (Å²) in [6.45, 7) is 2.14. The number of hydrogen-bond donors (Lipinski definition) is 1. The molecule has 1 aliphatic rings. The zero-order valence-corrected chi connectivity index (χ0v) is 14.0. The van der Waals surface area contributed by atoms with E-state index >= 15 is 0 Å². The number of fused-ring (bicyclic) bond motifs is 1. The average molecular weight is 351 g/mol. The minimum absolute atomic E-state index is 0.101. The monoisotopic (exact) mass is 350 g/mol. The summed E-state index contributed by atoms with van der Waals surface area (Å²) in [6.07, 6.45) is 0.161. The van der Waals surface area contributed by atoms with Gasteiger partial charge in [-0.3, -0.25) is 13.9 Å². The first kappa shape index (κ1) is 15.9. The van der Waals surface area contributed by atoms with Crippen molar-refractivity contribution in [2.45, 2.75) is 25.0 Å². The second kappa shape index (κ2) is 6.25. The Hall–Kier alpha value is -1.99. The van der Waals surface area contributed by atoms with Crippen LogP contribution < -0.4 is 10.6 Å². The van der Waals surface area contributed by atoms with Crippen molar-refractivity contribution in [3.63, 3.8) is 0 Å². The van der Waals surface area contributed by atoms with E-state index in [4.69, 9.17) is 17.3 Å². The molecule has 1 aromatic heterocycles. The number of hydrogen-bond acceptors (Lipinski definition) is 5. The number of nitrogens with zero attached hydrogens (tertiary/aromatic N) is 3. The normalized spacial score (nSPS) is 14.9. The van der Waals surface area contributed by atoms with Crippen LogP contribution in [0.1, 0.15) is 18.1 Å². The Kier molecular flexibility index (Phi) is 4.32. The van der Waals surface area contributed by atoms with Gasteiger partial charge >= 0.3 is 0 Å². The maximum Gasteiger partial charge on any atom is 0.233 e. The molecule has 23 heavy (non-hydrogen) atoms. The Labute approximate surface area is 141 Å². The van der Waals surface area contributed by atoms with Gasteiger partial charge in [-0.25, -0.2) is 9.97 Å². The van der Waals surface area contributed by atoms with E-state index in [-0.39, 0.29) is 23.3 Å². The lowest BCUT2D eigenvalue weighted by Gasteiger charge is -2.17. The largest absolute Gasteiger partial charge is 0.383 e. The zero-order valence-electron chi connectivity index (χ0n) is 12.5. The van der Waals surface area contributed by atoms with Crippen LogP contribution >= 0.6 is 11.6 Å². The van der Waals surface area contributed by atoms with Crippen LogP contribution in [-0.4, -0.2) is 25.8 Å². The molecule has 0 bridgehead atoms. The fourth-order valence-electron chi connectivity index (χ4n) is 2.39. The fourth-order valence-corrected chi connectivity index (χ4v) is 3.16. The van der Waals surface area contributed by atoms with Gasteiger partial charge in [-0.05, 0) is 17.7 Å². The number of carbonyl (C=O) groups excluding carboxylic acids is 1. The molecule has 120 valence electrons. The molecule has 3 rings (SSSR count). The van der Waals surface area contributed by atoms with Crippen molar-refractivity contribution in [1.29, 1.82) is 0 Å². The van der Waals surface area contributed by atoms with Crippen LogP contribution in [0.5, 0.6) is 0 Å². The molecule has 0 saturated heterocycles. The number of nitrogens with two attached hydrogens (primary N) is 1. The van der Waals surface area contributed by atoms with Crippen molar-refractivity contribution in [2.24, 2.45) is 0 Å². The lowest BCUT2D eigenvalue weighted by Crippen LogP contribution is -2.27. The highest BCUT2D eigenvalue weighted by molar-refractivity contribution is 7.84. The Morgan fingerprint density at radius 3 is 2.65 bits per heavy atom. The van der Waals surface area contributed by atoms with E-state index in [2.05, 4.69) is 9.97 Å². The number of anilines is 2. The maximum absolute atomic E-state index is 12.3. The smallest absolute Gasteiger partial charge is 0.233 e. The van der Waals surface area contributed by atoms with Gasteiger partial charge in [0.2, 0.25) is 11.1 Å². The van der Waals surface area contributed by atoms with Crippen molar-refractivity contribution in [1.82, 2.24) is 9.97 Å². The Balaban J connectivity index is 1.98. The van der Waals surface area contributed by atoms with Crippen LogP contribution in [0.2, 0.25) is 5.02 Å². The highest BCUT2D eigenvalue weighted by Gasteiger charge is 2.32. The predicted octanol–water partition coefficient (Wildman–Crippen LogP) is 1.93. The molecule has 2 heterocycles. The number of aromatic nitrogens is 2. The molecule has 6 nitrogen and oxygen atoms in total. The van der Waals surface area contributed by atoms with Crippen LogP contribution in [0, 0.1) is 0 Å². The van der Waals surface area contributed by atoms with Crippen LogP contribution in [0.25, 0.3) is 0 Å². The van der Waals surface area contributed by atoms with E-state index in [9.17, 15) is 9.00 Å². The molecule has 0 saturated carbocycles. The van der Waals surface area contributed by atoms with E-state index < -0.39 is 10.8 Å². The highest BCUT2D eigenvalue weighted by atomic mass is 35.5. The standard InChI is InChI=1S/C15H15ClN4O2S/c1-2-23(22)15-18-13(17)11-7-12(21)20(14(11)19-15)8-9-3-5-10(16)6-4-9/h3-6H,2,7-8H2,1H3,(H2,17,18,19). The summed E-state index contributed by atoms with van der Waals surface area (Å²) >= 11 is 5.88. The molecule has 0 radical (unpaired) electrons. The molecular formula is C15H15ClN4O2S. The summed E-state index contributed by atoms with van der Waals surface area (Å²) in [7, 11) is -1.33. The minimum Gasteiger partial charge on any atom is -0.383 e. The van der Waals surface area contributed by atoms with Crippen LogP contribution in [0.4, 0.5) is 11.6 Å². The molecule has 1 unspecified atom stereocenters. The molecule has 1 atom stereocenters. The van der Waals surface area contributed by atoms with Crippen molar-refractivity contribution in [2.75, 3.05) is 16.4 Å². The van der Waals surface area contributed by atoms with E-state index in [0.717, 1.165) is 5.56 Å². The quantitative estimate of drug-likeness (QED) is 0.851. The topological polar surface area (TPSA) is 89.2 Å². The van der Waals surface area contributed by atoms with Gasteiger partial charge in [-0.2, -0.15) is 0 Å². The minimum atomic E-state index is -1.33. The lowest BCUT2D eigenvalue weighted by molar-refractivity contribution is -0.117. The second-order valence-electron chi connectivity index (χ2n) is 5.11. The number of benzene rings is 1. The third kappa shape index (κ3) is 3.07. The zero-order chi connectivity index (χ0) is 16.6. The van der Waals surface area contributed by atoms with Gasteiger partial charge in [0.25, 0.3) is 0 Å². The molecule has 1 aliphatic heterocycles. The number of nitrogen functional groups attached to an aromatic ring is 1. The van der Waals surface area contributed by atoms with E-state index in [1.165, 1.54) is 0 Å². The van der Waals surface area contributed by atoms with Crippen molar-refractivity contribution in [3.8, 4) is 0 Å². The average Bonchev–Trinajstić information content (AvgIpc) is 2.85. The van der Waals surface area contributed by atoms with Crippen molar-refractivity contribution < 1.29 is 9.00 Å². The third-order valence-electron chi connectivity index (χ3n) is 3.60. The van der Waals surface area contributed by atoms with Gasteiger partial charge in [-0.1, -0.05) is 30.7 Å². The molecule has 1 aromatic carbocycles. The summed E-state index contributed by atoms with van der Waals surface area (Å²) < 4.78 is 12.0. The first-order valence-corrected chi connectivity index (χ1v) is 8.79. The number of rotatable bonds is 4. The van der Waals surface area contributed by atoms with E-state index in [1.807, 2.05) is 12.1 Å². The molecule has 1 amide bonds. The first-order valence-electron chi connectivity index (χ1n) is 7.09. The molecule has 2 aromatic rings. The van der Waals surface area contributed by atoms with Gasteiger partial charge in [0, 0.05) is 16.3 Å². The Morgan fingerprint density at radius 2 is 2.00 bits per heavy atom. The van der Waals surface area contributed by atoms with Gasteiger partial charge < -0.3 is 5.73 Å². The Morgan fingerprint density at radius 1 is 1.30 bits per heavy atom. The van der Waals surface area contributed by atoms with E-state index in [0.29, 0.717) is 28.7 Å². The fraction of sp³-hybridized carbons (Fsp3) is 0.267. The van der Waals surface area contributed by atoms with E-state index in [1.54, 1.807) is 24.0 Å². The molecule has 0 spiro atoms.